The van der Waals surface area contributed by atoms with E-state index in [0.29, 0.717) is 11.2 Å². The van der Waals surface area contributed by atoms with E-state index in [2.05, 4.69) is 48.9 Å². The standard InChI is InChI=1S/C22H31BrO/c1-14(13-23)18-6-7-19-17-5-4-15-12-16(24)8-10-21(15,2)20(17)9-11-22(18,19)3/h4-5,12,14,17-20H,6-11,13H2,1-3H3/t14-,17?,18-,19?,20?,21-,22-/m1/s1. The summed E-state index contributed by atoms with van der Waals surface area (Å²) < 4.78 is 0. The Morgan fingerprint density at radius 1 is 1.21 bits per heavy atom. The Labute approximate surface area is 155 Å². The highest BCUT2D eigenvalue weighted by Gasteiger charge is 2.58. The number of hydrogen-bond donors (Lipinski definition) is 0. The first kappa shape index (κ1) is 17.1. The Bertz CT molecular complexity index is 605. The Kier molecular flexibility index (Phi) is 4.14. The van der Waals surface area contributed by atoms with Crippen molar-refractivity contribution in [2.45, 2.75) is 59.3 Å². The molecule has 2 fully saturated rings. The summed E-state index contributed by atoms with van der Waals surface area (Å²) in [5.41, 5.74) is 2.08. The molecule has 0 N–H and O–H groups in total. The van der Waals surface area contributed by atoms with E-state index in [-0.39, 0.29) is 5.41 Å². The van der Waals surface area contributed by atoms with Crippen LogP contribution in [-0.2, 0) is 4.79 Å². The Hall–Kier alpha value is -0.370. The molecule has 4 aliphatic carbocycles. The first-order valence-corrected chi connectivity index (χ1v) is 11.0. The fourth-order valence-electron chi connectivity index (χ4n) is 7.08. The van der Waals surface area contributed by atoms with E-state index in [0.717, 1.165) is 47.8 Å². The van der Waals surface area contributed by atoms with E-state index >= 15 is 0 Å². The van der Waals surface area contributed by atoms with Gasteiger partial charge >= 0.3 is 0 Å². The molecule has 7 atom stereocenters. The number of ketones is 1. The van der Waals surface area contributed by atoms with Gasteiger partial charge in [-0.25, -0.2) is 0 Å². The lowest BCUT2D eigenvalue weighted by molar-refractivity contribution is -0.116. The number of allylic oxidation sites excluding steroid dienone is 4. The van der Waals surface area contributed by atoms with Gasteiger partial charge in [-0.3, -0.25) is 4.79 Å². The van der Waals surface area contributed by atoms with Gasteiger partial charge in [-0.05, 0) is 84.2 Å². The van der Waals surface area contributed by atoms with E-state index in [9.17, 15) is 4.79 Å². The molecule has 2 saturated carbocycles. The third-order valence-corrected chi connectivity index (χ3v) is 9.54. The van der Waals surface area contributed by atoms with Gasteiger partial charge in [0.15, 0.2) is 5.78 Å². The van der Waals surface area contributed by atoms with Gasteiger partial charge in [0.25, 0.3) is 0 Å². The number of hydrogen-bond acceptors (Lipinski definition) is 1. The van der Waals surface area contributed by atoms with Crippen LogP contribution in [0.25, 0.3) is 0 Å². The summed E-state index contributed by atoms with van der Waals surface area (Å²) in [6.07, 6.45) is 14.1. The highest BCUT2D eigenvalue weighted by atomic mass is 79.9. The predicted molar refractivity (Wildman–Crippen MR) is 103 cm³/mol. The van der Waals surface area contributed by atoms with Crippen LogP contribution in [0.3, 0.4) is 0 Å². The topological polar surface area (TPSA) is 17.1 Å². The van der Waals surface area contributed by atoms with Crippen LogP contribution in [0.15, 0.2) is 23.8 Å². The van der Waals surface area contributed by atoms with Gasteiger partial charge in [-0.15, -0.1) is 0 Å². The summed E-state index contributed by atoms with van der Waals surface area (Å²) >= 11 is 3.74. The summed E-state index contributed by atoms with van der Waals surface area (Å²) in [4.78, 5) is 11.9. The van der Waals surface area contributed by atoms with Crippen molar-refractivity contribution in [2.24, 2.45) is 40.4 Å². The van der Waals surface area contributed by atoms with Crippen molar-refractivity contribution in [3.63, 3.8) is 0 Å². The fraction of sp³-hybridized carbons (Fsp3) is 0.773. The van der Waals surface area contributed by atoms with Crippen LogP contribution in [0, 0.1) is 40.4 Å². The van der Waals surface area contributed by atoms with Crippen molar-refractivity contribution in [2.75, 3.05) is 5.33 Å². The van der Waals surface area contributed by atoms with Crippen molar-refractivity contribution in [1.82, 2.24) is 0 Å². The Balaban J connectivity index is 1.68. The molecule has 0 aromatic rings. The number of fused-ring (bicyclic) bond motifs is 5. The number of carbonyl (C=O) groups excluding carboxylic acids is 1. The number of alkyl halides is 1. The second-order valence-corrected chi connectivity index (χ2v) is 10.1. The molecule has 0 aliphatic heterocycles. The van der Waals surface area contributed by atoms with Crippen LogP contribution < -0.4 is 0 Å². The Morgan fingerprint density at radius 2 is 2.00 bits per heavy atom. The van der Waals surface area contributed by atoms with Gasteiger partial charge in [0.2, 0.25) is 0 Å². The van der Waals surface area contributed by atoms with Gasteiger partial charge in [0, 0.05) is 11.8 Å². The zero-order valence-corrected chi connectivity index (χ0v) is 16.9. The average Bonchev–Trinajstić information content (AvgIpc) is 2.92. The lowest BCUT2D eigenvalue weighted by Gasteiger charge is -2.56. The zero-order valence-electron chi connectivity index (χ0n) is 15.4. The Morgan fingerprint density at radius 3 is 2.75 bits per heavy atom. The van der Waals surface area contributed by atoms with E-state index in [1.54, 1.807) is 0 Å². The molecule has 0 heterocycles. The summed E-state index contributed by atoms with van der Waals surface area (Å²) in [6.45, 7) is 7.48. The van der Waals surface area contributed by atoms with Crippen LogP contribution in [-0.4, -0.2) is 11.1 Å². The third kappa shape index (κ3) is 2.27. The maximum Gasteiger partial charge on any atom is 0.156 e. The average molecular weight is 391 g/mol. The normalized spacial score (nSPS) is 48.3. The number of rotatable bonds is 2. The quantitative estimate of drug-likeness (QED) is 0.532. The van der Waals surface area contributed by atoms with Gasteiger partial charge in [0.1, 0.15) is 0 Å². The maximum atomic E-state index is 11.9. The monoisotopic (exact) mass is 390 g/mol. The molecular formula is C22H31BrO. The fourth-order valence-corrected chi connectivity index (χ4v) is 7.53. The molecule has 1 nitrogen and oxygen atoms in total. The first-order valence-electron chi connectivity index (χ1n) is 9.89. The molecule has 0 spiro atoms. The highest BCUT2D eigenvalue weighted by Crippen LogP contribution is 2.66. The third-order valence-electron chi connectivity index (χ3n) is 8.52. The molecule has 4 rings (SSSR count). The highest BCUT2D eigenvalue weighted by molar-refractivity contribution is 9.09. The molecule has 24 heavy (non-hydrogen) atoms. The molecule has 3 unspecified atom stereocenters. The van der Waals surface area contributed by atoms with Crippen LogP contribution in [0.1, 0.15) is 59.3 Å². The predicted octanol–water partition coefficient (Wildman–Crippen LogP) is 5.94. The number of halogens is 1. The lowest BCUT2D eigenvalue weighted by atomic mass is 9.48. The summed E-state index contributed by atoms with van der Waals surface area (Å²) in [5.74, 6) is 4.30. The maximum absolute atomic E-state index is 11.9. The van der Waals surface area contributed by atoms with Crippen molar-refractivity contribution in [3.8, 4) is 0 Å². The zero-order chi connectivity index (χ0) is 17.1. The summed E-state index contributed by atoms with van der Waals surface area (Å²) in [5, 5.41) is 1.14. The van der Waals surface area contributed by atoms with Crippen molar-refractivity contribution >= 4 is 21.7 Å². The molecule has 4 aliphatic rings. The molecule has 132 valence electrons. The van der Waals surface area contributed by atoms with Crippen molar-refractivity contribution < 1.29 is 4.79 Å². The molecule has 0 saturated heterocycles. The summed E-state index contributed by atoms with van der Waals surface area (Å²) in [7, 11) is 0. The second-order valence-electron chi connectivity index (χ2n) is 9.49. The smallest absolute Gasteiger partial charge is 0.156 e. The largest absolute Gasteiger partial charge is 0.295 e. The van der Waals surface area contributed by atoms with Gasteiger partial charge in [0.05, 0.1) is 0 Å². The van der Waals surface area contributed by atoms with E-state index in [4.69, 9.17) is 0 Å². The lowest BCUT2D eigenvalue weighted by Crippen LogP contribution is -2.49. The minimum absolute atomic E-state index is 0.244. The van der Waals surface area contributed by atoms with Crippen LogP contribution in [0.2, 0.25) is 0 Å². The van der Waals surface area contributed by atoms with E-state index in [1.807, 2.05) is 6.08 Å². The van der Waals surface area contributed by atoms with Gasteiger partial charge < -0.3 is 0 Å². The minimum atomic E-state index is 0.244. The van der Waals surface area contributed by atoms with Crippen LogP contribution in [0.5, 0.6) is 0 Å². The second kappa shape index (κ2) is 5.83. The molecule has 0 aromatic carbocycles. The van der Waals surface area contributed by atoms with E-state index < -0.39 is 0 Å². The molecule has 0 bridgehead atoms. The molecule has 0 aromatic heterocycles. The van der Waals surface area contributed by atoms with Crippen molar-refractivity contribution in [3.05, 3.63) is 23.8 Å². The number of carbonyl (C=O) groups is 1. The molecule has 0 amide bonds. The van der Waals surface area contributed by atoms with Crippen LogP contribution in [0.4, 0.5) is 0 Å². The molecule has 2 heteroatoms. The molecule has 0 radical (unpaired) electrons. The SMILES string of the molecule is C[C@H](CBr)[C@H]1CCC2C3C=CC4=CC(=O)CC[C@@]4(C)C3CC[C@@]21C. The van der Waals surface area contributed by atoms with Gasteiger partial charge in [-0.2, -0.15) is 0 Å². The van der Waals surface area contributed by atoms with Crippen molar-refractivity contribution in [1.29, 1.82) is 0 Å². The minimum Gasteiger partial charge on any atom is -0.295 e. The van der Waals surface area contributed by atoms with E-state index in [1.165, 1.54) is 31.3 Å². The van der Waals surface area contributed by atoms with Gasteiger partial charge in [-0.1, -0.05) is 48.9 Å². The summed E-state index contributed by atoms with van der Waals surface area (Å²) in [6, 6.07) is 0. The molecular weight excluding hydrogens is 360 g/mol. The first-order chi connectivity index (χ1) is 11.4. The van der Waals surface area contributed by atoms with Crippen LogP contribution >= 0.6 is 15.9 Å².